The number of hydrogen-bond donors (Lipinski definition) is 1. The number of esters is 1. The predicted molar refractivity (Wildman–Crippen MR) is 69.4 cm³/mol. The smallest absolute Gasteiger partial charge is 0.405 e. The molecule has 20 heavy (non-hydrogen) atoms. The van der Waals surface area contributed by atoms with Gasteiger partial charge in [0.05, 0.1) is 17.7 Å². The lowest BCUT2D eigenvalue weighted by molar-refractivity contribution is -0.119. The third-order valence-corrected chi connectivity index (χ3v) is 3.82. The molecule has 2 N–H and O–H groups in total. The number of alkyl halides is 3. The average molecular weight is 310 g/mol. The van der Waals surface area contributed by atoms with Crippen LogP contribution in [0.5, 0.6) is 0 Å². The first kappa shape index (κ1) is 16.3. The van der Waals surface area contributed by atoms with Gasteiger partial charge < -0.3 is 15.4 Å². The molecule has 1 aromatic heterocycles. The molecule has 0 aliphatic rings. The number of nitrogen functional groups attached to an aromatic ring is 1. The summed E-state index contributed by atoms with van der Waals surface area (Å²) in [5.41, 5.74) is 5.30. The number of halogens is 3. The Morgan fingerprint density at radius 3 is 2.35 bits per heavy atom. The molecule has 112 valence electrons. The second-order valence-corrected chi connectivity index (χ2v) is 5.04. The lowest BCUT2D eigenvalue weighted by Crippen LogP contribution is -2.31. The molecule has 0 spiro atoms. The standard InChI is InChI=1S/C11H13F3N2O3S/c1-5(17)8-7(15)6(10(18)19-3)9(20-8)16(2)4-11(12,13)14/h4,15H2,1-3H3. The zero-order valence-corrected chi connectivity index (χ0v) is 11.8. The Labute approximate surface area is 117 Å². The number of anilines is 2. The highest BCUT2D eigenvalue weighted by molar-refractivity contribution is 7.19. The van der Waals surface area contributed by atoms with Gasteiger partial charge >= 0.3 is 12.1 Å². The second-order valence-electron chi connectivity index (χ2n) is 4.04. The van der Waals surface area contributed by atoms with Crippen LogP contribution < -0.4 is 10.6 Å². The molecule has 0 aromatic carbocycles. The van der Waals surface area contributed by atoms with Crippen LogP contribution >= 0.6 is 11.3 Å². The summed E-state index contributed by atoms with van der Waals surface area (Å²) >= 11 is 0.737. The van der Waals surface area contributed by atoms with Crippen LogP contribution in [0.25, 0.3) is 0 Å². The van der Waals surface area contributed by atoms with E-state index in [4.69, 9.17) is 5.73 Å². The van der Waals surface area contributed by atoms with Gasteiger partial charge in [-0.15, -0.1) is 11.3 Å². The van der Waals surface area contributed by atoms with E-state index in [-0.39, 0.29) is 21.1 Å². The summed E-state index contributed by atoms with van der Waals surface area (Å²) < 4.78 is 41.8. The minimum absolute atomic E-state index is 0.0365. The van der Waals surface area contributed by atoms with Crippen molar-refractivity contribution in [2.45, 2.75) is 13.1 Å². The van der Waals surface area contributed by atoms with Crippen molar-refractivity contribution in [1.29, 1.82) is 0 Å². The Kier molecular flexibility index (Phi) is 4.64. The number of ether oxygens (including phenoxy) is 1. The van der Waals surface area contributed by atoms with Gasteiger partial charge in [-0.1, -0.05) is 0 Å². The van der Waals surface area contributed by atoms with Crippen molar-refractivity contribution in [2.75, 3.05) is 31.3 Å². The van der Waals surface area contributed by atoms with Crippen molar-refractivity contribution in [2.24, 2.45) is 0 Å². The summed E-state index contributed by atoms with van der Waals surface area (Å²) in [6.07, 6.45) is -4.45. The quantitative estimate of drug-likeness (QED) is 0.682. The summed E-state index contributed by atoms with van der Waals surface area (Å²) in [5, 5.41) is -0.0446. The molecule has 0 amide bonds. The third kappa shape index (κ3) is 3.41. The van der Waals surface area contributed by atoms with Gasteiger partial charge in [0.1, 0.15) is 17.1 Å². The van der Waals surface area contributed by atoms with E-state index in [0.717, 1.165) is 30.4 Å². The number of thiophene rings is 1. The Morgan fingerprint density at radius 1 is 1.40 bits per heavy atom. The van der Waals surface area contributed by atoms with Crippen molar-refractivity contribution >= 4 is 33.8 Å². The third-order valence-electron chi connectivity index (χ3n) is 2.40. The van der Waals surface area contributed by atoms with Crippen molar-refractivity contribution in [1.82, 2.24) is 0 Å². The molecule has 0 aliphatic heterocycles. The number of carbonyl (C=O) groups is 2. The molecule has 0 radical (unpaired) electrons. The van der Waals surface area contributed by atoms with Gasteiger partial charge in [-0.05, 0) is 0 Å². The lowest BCUT2D eigenvalue weighted by Gasteiger charge is -2.20. The highest BCUT2D eigenvalue weighted by atomic mass is 32.1. The molecule has 0 saturated carbocycles. The van der Waals surface area contributed by atoms with Gasteiger partial charge in [0.25, 0.3) is 0 Å². The summed E-state index contributed by atoms with van der Waals surface area (Å²) in [6.45, 7) is -0.0505. The number of rotatable bonds is 4. The Balaban J connectivity index is 3.34. The van der Waals surface area contributed by atoms with Crippen molar-refractivity contribution in [3.05, 3.63) is 10.4 Å². The molecule has 0 aliphatic carbocycles. The van der Waals surface area contributed by atoms with Crippen LogP contribution in [0.15, 0.2) is 0 Å². The van der Waals surface area contributed by atoms with Crippen LogP contribution in [-0.4, -0.2) is 38.6 Å². The first-order valence-electron chi connectivity index (χ1n) is 5.38. The molecule has 5 nitrogen and oxygen atoms in total. The van der Waals surface area contributed by atoms with E-state index in [1.807, 2.05) is 0 Å². The van der Waals surface area contributed by atoms with Gasteiger partial charge in [0, 0.05) is 14.0 Å². The van der Waals surface area contributed by atoms with Gasteiger partial charge in [0.15, 0.2) is 5.78 Å². The molecular weight excluding hydrogens is 297 g/mol. The first-order valence-corrected chi connectivity index (χ1v) is 6.19. The lowest BCUT2D eigenvalue weighted by atomic mass is 10.2. The van der Waals surface area contributed by atoms with Crippen LogP contribution in [-0.2, 0) is 4.74 Å². The number of ketones is 1. The molecule has 0 atom stereocenters. The summed E-state index contributed by atoms with van der Waals surface area (Å²) in [4.78, 5) is 23.9. The fourth-order valence-corrected chi connectivity index (χ4v) is 2.67. The molecule has 1 aromatic rings. The minimum atomic E-state index is -4.45. The maximum Gasteiger partial charge on any atom is 0.405 e. The van der Waals surface area contributed by atoms with Crippen molar-refractivity contribution in [3.8, 4) is 0 Å². The number of nitrogens with two attached hydrogens (primary N) is 1. The normalized spacial score (nSPS) is 11.3. The predicted octanol–water partition coefficient (Wildman–Crippen LogP) is 2.32. The molecule has 1 heterocycles. The fourth-order valence-electron chi connectivity index (χ4n) is 1.60. The Morgan fingerprint density at radius 2 is 1.95 bits per heavy atom. The van der Waals surface area contributed by atoms with Crippen LogP contribution in [0.4, 0.5) is 23.9 Å². The van der Waals surface area contributed by atoms with Crippen LogP contribution in [0, 0.1) is 0 Å². The first-order chi connectivity index (χ1) is 9.08. The van der Waals surface area contributed by atoms with E-state index >= 15 is 0 Å². The van der Waals surface area contributed by atoms with E-state index < -0.39 is 24.5 Å². The van der Waals surface area contributed by atoms with E-state index in [0.29, 0.717) is 0 Å². The SMILES string of the molecule is COC(=O)c1c(N(C)CC(F)(F)F)sc(C(C)=O)c1N. The fraction of sp³-hybridized carbons (Fsp3) is 0.455. The van der Waals surface area contributed by atoms with Crippen molar-refractivity contribution < 1.29 is 27.5 Å². The molecule has 0 saturated heterocycles. The molecule has 9 heteroatoms. The van der Waals surface area contributed by atoms with Crippen LogP contribution in [0.3, 0.4) is 0 Å². The zero-order chi connectivity index (χ0) is 15.7. The van der Waals surface area contributed by atoms with Gasteiger partial charge in [-0.2, -0.15) is 13.2 Å². The molecule has 0 unspecified atom stereocenters. The van der Waals surface area contributed by atoms with Gasteiger partial charge in [-0.25, -0.2) is 4.79 Å². The maximum atomic E-state index is 12.4. The summed E-state index contributed by atoms with van der Waals surface area (Å²) in [6, 6.07) is 0. The molecular formula is C11H13F3N2O3S. The highest BCUT2D eigenvalue weighted by Crippen LogP contribution is 2.39. The summed E-state index contributed by atoms with van der Waals surface area (Å²) in [7, 11) is 2.25. The van der Waals surface area contributed by atoms with E-state index in [1.165, 1.54) is 6.92 Å². The van der Waals surface area contributed by atoms with Gasteiger partial charge in [0.2, 0.25) is 0 Å². The largest absolute Gasteiger partial charge is 0.465 e. The number of nitrogens with zero attached hydrogens (tertiary/aromatic N) is 1. The maximum absolute atomic E-state index is 12.4. The van der Waals surface area contributed by atoms with Gasteiger partial charge in [-0.3, -0.25) is 4.79 Å². The monoisotopic (exact) mass is 310 g/mol. The molecule has 0 fully saturated rings. The highest BCUT2D eigenvalue weighted by Gasteiger charge is 2.33. The number of hydrogen-bond acceptors (Lipinski definition) is 6. The number of methoxy groups -OCH3 is 1. The number of Topliss-reactive ketones (excluding diaryl/α,β-unsaturated/α-hetero) is 1. The summed E-state index contributed by atoms with van der Waals surface area (Å²) in [5.74, 6) is -1.31. The Hall–Kier alpha value is -1.77. The number of carbonyl (C=O) groups excluding carboxylic acids is 2. The molecule has 0 bridgehead atoms. The second kappa shape index (κ2) is 5.70. The molecule has 1 rings (SSSR count). The van der Waals surface area contributed by atoms with Crippen LogP contribution in [0.1, 0.15) is 27.0 Å². The topological polar surface area (TPSA) is 72.6 Å². The van der Waals surface area contributed by atoms with E-state index in [9.17, 15) is 22.8 Å². The zero-order valence-electron chi connectivity index (χ0n) is 11.0. The van der Waals surface area contributed by atoms with E-state index in [2.05, 4.69) is 4.74 Å². The average Bonchev–Trinajstić information content (AvgIpc) is 2.64. The minimum Gasteiger partial charge on any atom is -0.465 e. The van der Waals surface area contributed by atoms with Crippen LogP contribution in [0.2, 0.25) is 0 Å². The Bertz CT molecular complexity index is 540. The van der Waals surface area contributed by atoms with Crippen molar-refractivity contribution in [3.63, 3.8) is 0 Å². The van der Waals surface area contributed by atoms with E-state index in [1.54, 1.807) is 0 Å².